The number of piperidine rings is 1. The Bertz CT molecular complexity index is 571. The molecule has 0 bridgehead atoms. The minimum absolute atomic E-state index is 0.103. The number of nitrogens with zero attached hydrogens (tertiary/aromatic N) is 1. The van der Waals surface area contributed by atoms with Gasteiger partial charge in [0.05, 0.1) is 16.9 Å². The van der Waals surface area contributed by atoms with E-state index in [-0.39, 0.29) is 11.8 Å². The summed E-state index contributed by atoms with van der Waals surface area (Å²) in [5.74, 6) is -0.00708. The molecule has 1 atom stereocenters. The van der Waals surface area contributed by atoms with Crippen molar-refractivity contribution in [3.8, 4) is 0 Å². The van der Waals surface area contributed by atoms with E-state index in [4.69, 9.17) is 9.47 Å². The predicted octanol–water partition coefficient (Wildman–Crippen LogP) is 3.13. The van der Waals surface area contributed by atoms with Gasteiger partial charge in [0.2, 0.25) is 0 Å². The van der Waals surface area contributed by atoms with Crippen LogP contribution in [-0.2, 0) is 20.8 Å². The molecule has 2 rings (SSSR count). The molecule has 6 heteroatoms. The Kier molecular flexibility index (Phi) is 6.95. The lowest BCUT2D eigenvalue weighted by Crippen LogP contribution is -2.48. The number of likely N-dealkylation sites (tertiary alicyclic amines) is 1. The Hall–Kier alpha value is -1.24. The normalized spacial score (nSPS) is 21.6. The first-order valence-corrected chi connectivity index (χ1v) is 9.35. The summed E-state index contributed by atoms with van der Waals surface area (Å²) >= 11 is 1.49. The van der Waals surface area contributed by atoms with E-state index in [2.05, 4.69) is 4.90 Å². The third-order valence-electron chi connectivity index (χ3n) is 4.56. The van der Waals surface area contributed by atoms with Gasteiger partial charge in [0.15, 0.2) is 5.78 Å². The monoisotopic (exact) mass is 353 g/mol. The first-order valence-electron chi connectivity index (χ1n) is 8.47. The fourth-order valence-electron chi connectivity index (χ4n) is 3.32. The average Bonchev–Trinajstić information content (AvgIpc) is 3.02. The van der Waals surface area contributed by atoms with Crippen molar-refractivity contribution in [1.29, 1.82) is 0 Å². The first kappa shape index (κ1) is 19.1. The largest absolute Gasteiger partial charge is 0.466 e. The van der Waals surface area contributed by atoms with Crippen LogP contribution in [0.1, 0.15) is 48.3 Å². The van der Waals surface area contributed by atoms with Crippen LogP contribution in [0.3, 0.4) is 0 Å². The van der Waals surface area contributed by atoms with E-state index in [1.54, 1.807) is 14.0 Å². The summed E-state index contributed by atoms with van der Waals surface area (Å²) in [6, 6.07) is 1.96. The van der Waals surface area contributed by atoms with Crippen LogP contribution < -0.4 is 0 Å². The van der Waals surface area contributed by atoms with Gasteiger partial charge < -0.3 is 9.47 Å². The number of hydrogen-bond donors (Lipinski definition) is 0. The number of carbonyl (C=O) groups is 2. The molecule has 1 saturated heterocycles. The van der Waals surface area contributed by atoms with Crippen molar-refractivity contribution in [3.05, 3.63) is 21.9 Å². The van der Waals surface area contributed by atoms with Gasteiger partial charge >= 0.3 is 5.97 Å². The number of ether oxygens (including phenoxy) is 2. The van der Waals surface area contributed by atoms with Gasteiger partial charge in [0, 0.05) is 26.8 Å². The first-order chi connectivity index (χ1) is 11.5. The summed E-state index contributed by atoms with van der Waals surface area (Å²) in [7, 11) is 1.66. The zero-order chi connectivity index (χ0) is 17.6. The van der Waals surface area contributed by atoms with Crippen LogP contribution in [0.25, 0.3) is 0 Å². The van der Waals surface area contributed by atoms with Crippen molar-refractivity contribution in [3.63, 3.8) is 0 Å². The van der Waals surface area contributed by atoms with Crippen molar-refractivity contribution < 1.29 is 19.1 Å². The second-order valence-corrected chi connectivity index (χ2v) is 7.34. The predicted molar refractivity (Wildman–Crippen MR) is 94.4 cm³/mol. The van der Waals surface area contributed by atoms with E-state index in [0.717, 1.165) is 36.4 Å². The van der Waals surface area contributed by atoms with Crippen LogP contribution >= 0.6 is 11.3 Å². The molecule has 1 aliphatic heterocycles. The Morgan fingerprint density at radius 2 is 2.21 bits per heavy atom. The van der Waals surface area contributed by atoms with Gasteiger partial charge in [-0.2, -0.15) is 0 Å². The van der Waals surface area contributed by atoms with Crippen LogP contribution in [0.4, 0.5) is 0 Å². The molecule has 1 aromatic heterocycles. The van der Waals surface area contributed by atoms with Crippen LogP contribution in [-0.4, -0.2) is 50.1 Å². The fourth-order valence-corrected chi connectivity index (χ4v) is 4.12. The molecule has 0 spiro atoms. The van der Waals surface area contributed by atoms with Crippen LogP contribution in [0.2, 0.25) is 0 Å². The lowest BCUT2D eigenvalue weighted by atomic mass is 9.77. The van der Waals surface area contributed by atoms with Gasteiger partial charge in [-0.15, -0.1) is 11.3 Å². The molecule has 2 heterocycles. The molecule has 0 saturated carbocycles. The quantitative estimate of drug-likeness (QED) is 0.531. The van der Waals surface area contributed by atoms with Gasteiger partial charge in [-0.05, 0) is 56.7 Å². The lowest BCUT2D eigenvalue weighted by molar-refractivity contribution is -0.160. The number of esters is 1. The maximum atomic E-state index is 12.6. The zero-order valence-electron chi connectivity index (χ0n) is 14.8. The maximum absolute atomic E-state index is 12.6. The van der Waals surface area contributed by atoms with E-state index in [0.29, 0.717) is 26.2 Å². The molecule has 0 amide bonds. The van der Waals surface area contributed by atoms with Gasteiger partial charge in [0.25, 0.3) is 0 Å². The molecule has 0 unspecified atom stereocenters. The fraction of sp³-hybridized carbons (Fsp3) is 0.667. The molecule has 134 valence electrons. The highest BCUT2D eigenvalue weighted by Crippen LogP contribution is 2.36. The van der Waals surface area contributed by atoms with E-state index >= 15 is 0 Å². The van der Waals surface area contributed by atoms with E-state index in [9.17, 15) is 9.59 Å². The van der Waals surface area contributed by atoms with Crippen molar-refractivity contribution in [2.45, 2.75) is 39.7 Å². The van der Waals surface area contributed by atoms with Crippen LogP contribution in [0.5, 0.6) is 0 Å². The molecule has 1 aromatic rings. The van der Waals surface area contributed by atoms with Crippen molar-refractivity contribution in [2.75, 3.05) is 33.4 Å². The minimum atomic E-state index is -0.482. The van der Waals surface area contributed by atoms with Crippen molar-refractivity contribution in [1.82, 2.24) is 4.90 Å². The molecule has 1 fully saturated rings. The molecule has 0 aromatic carbocycles. The van der Waals surface area contributed by atoms with E-state index in [1.165, 1.54) is 11.3 Å². The SMILES string of the molecule is CCOC(=O)[C@]1(CCOC)CCCN(Cc2csc(C(C)=O)c2)C1. The highest BCUT2D eigenvalue weighted by Gasteiger charge is 2.43. The number of hydrogen-bond acceptors (Lipinski definition) is 6. The number of ketones is 1. The van der Waals surface area contributed by atoms with Crippen molar-refractivity contribution in [2.24, 2.45) is 5.41 Å². The van der Waals surface area contributed by atoms with Gasteiger partial charge in [-0.1, -0.05) is 0 Å². The molecule has 0 aliphatic carbocycles. The highest BCUT2D eigenvalue weighted by molar-refractivity contribution is 7.12. The number of rotatable bonds is 8. The molecule has 0 radical (unpaired) electrons. The van der Waals surface area contributed by atoms with E-state index < -0.39 is 5.41 Å². The van der Waals surface area contributed by atoms with Gasteiger partial charge in [-0.3, -0.25) is 14.5 Å². The summed E-state index contributed by atoms with van der Waals surface area (Å²) in [5, 5.41) is 2.03. The standard InChI is InChI=1S/C18H27NO4S/c1-4-23-17(21)18(7-9-22-3)6-5-8-19(13-18)11-15-10-16(14(2)20)24-12-15/h10,12H,4-9,11,13H2,1-3H3/t18-/m0/s1. The molecule has 1 aliphatic rings. The molecule has 5 nitrogen and oxygen atoms in total. The number of Topliss-reactive ketones (excluding diaryl/α,β-unsaturated/α-hetero) is 1. The number of thiophene rings is 1. The third-order valence-corrected chi connectivity index (χ3v) is 5.64. The van der Waals surface area contributed by atoms with Crippen molar-refractivity contribution >= 4 is 23.1 Å². The smallest absolute Gasteiger partial charge is 0.313 e. The second kappa shape index (κ2) is 8.74. The molecule has 0 N–H and O–H groups in total. The Balaban J connectivity index is 2.08. The maximum Gasteiger partial charge on any atom is 0.313 e. The third kappa shape index (κ3) is 4.65. The van der Waals surface area contributed by atoms with Gasteiger partial charge in [-0.25, -0.2) is 0 Å². The number of carbonyl (C=O) groups excluding carboxylic acids is 2. The molecule has 24 heavy (non-hydrogen) atoms. The topological polar surface area (TPSA) is 55.8 Å². The summed E-state index contributed by atoms with van der Waals surface area (Å²) < 4.78 is 10.6. The summed E-state index contributed by atoms with van der Waals surface area (Å²) in [6.45, 7) is 6.79. The second-order valence-electron chi connectivity index (χ2n) is 6.43. The Morgan fingerprint density at radius 1 is 1.42 bits per heavy atom. The van der Waals surface area contributed by atoms with Gasteiger partial charge in [0.1, 0.15) is 0 Å². The van der Waals surface area contributed by atoms with Crippen LogP contribution in [0, 0.1) is 5.41 Å². The highest BCUT2D eigenvalue weighted by atomic mass is 32.1. The summed E-state index contributed by atoms with van der Waals surface area (Å²) in [5.41, 5.74) is 0.653. The summed E-state index contributed by atoms with van der Waals surface area (Å²) in [4.78, 5) is 27.1. The summed E-state index contributed by atoms with van der Waals surface area (Å²) in [6.07, 6.45) is 2.49. The lowest BCUT2D eigenvalue weighted by Gasteiger charge is -2.40. The number of methoxy groups -OCH3 is 1. The molecular formula is C18H27NO4S. The van der Waals surface area contributed by atoms with Crippen LogP contribution in [0.15, 0.2) is 11.4 Å². The Morgan fingerprint density at radius 3 is 2.83 bits per heavy atom. The van der Waals surface area contributed by atoms with E-state index in [1.807, 2.05) is 18.4 Å². The zero-order valence-corrected chi connectivity index (χ0v) is 15.6. The molecular weight excluding hydrogens is 326 g/mol. The Labute approximate surface area is 147 Å². The minimum Gasteiger partial charge on any atom is -0.466 e. The average molecular weight is 353 g/mol.